The SMILES string of the molecule is CC[C@@H](C(=O)NC(C)(C)C)N(CCc1ccccc1)C(=O)CCCN(C)S(=O)(=O)c1ccccc1. The highest BCUT2D eigenvalue weighted by atomic mass is 32.2. The first-order valence-corrected chi connectivity index (χ1v) is 13.6. The monoisotopic (exact) mass is 501 g/mol. The van der Waals surface area contributed by atoms with Gasteiger partial charge in [0.15, 0.2) is 0 Å². The highest BCUT2D eigenvalue weighted by molar-refractivity contribution is 7.89. The Labute approximate surface area is 210 Å². The molecule has 0 radical (unpaired) electrons. The molecule has 7 nitrogen and oxygen atoms in total. The molecule has 1 atom stereocenters. The van der Waals surface area contributed by atoms with Crippen molar-refractivity contribution in [2.75, 3.05) is 20.1 Å². The summed E-state index contributed by atoms with van der Waals surface area (Å²) in [7, 11) is -2.09. The summed E-state index contributed by atoms with van der Waals surface area (Å²) in [5, 5.41) is 3.00. The summed E-state index contributed by atoms with van der Waals surface area (Å²) in [5.41, 5.74) is 0.678. The Balaban J connectivity index is 2.09. The summed E-state index contributed by atoms with van der Waals surface area (Å²) in [6.45, 7) is 8.26. The fraction of sp³-hybridized carbons (Fsp3) is 0.481. The molecule has 0 spiro atoms. The Morgan fingerprint density at radius 1 is 0.943 bits per heavy atom. The third kappa shape index (κ3) is 8.78. The van der Waals surface area contributed by atoms with E-state index in [2.05, 4.69) is 5.32 Å². The molecule has 8 heteroatoms. The van der Waals surface area contributed by atoms with Crippen molar-refractivity contribution in [2.45, 2.75) is 69.9 Å². The first-order chi connectivity index (χ1) is 16.5. The van der Waals surface area contributed by atoms with Crippen LogP contribution in [0, 0.1) is 0 Å². The first kappa shape index (κ1) is 28.5. The minimum Gasteiger partial charge on any atom is -0.350 e. The predicted octanol–water partition coefficient (Wildman–Crippen LogP) is 3.85. The van der Waals surface area contributed by atoms with Gasteiger partial charge < -0.3 is 10.2 Å². The third-order valence-electron chi connectivity index (χ3n) is 5.68. The molecule has 2 amide bonds. The Kier molecular flexibility index (Phi) is 10.5. The molecule has 0 saturated carbocycles. The van der Waals surface area contributed by atoms with Crippen LogP contribution in [0.2, 0.25) is 0 Å². The van der Waals surface area contributed by atoms with E-state index in [-0.39, 0.29) is 29.7 Å². The molecular weight excluding hydrogens is 462 g/mol. The van der Waals surface area contributed by atoms with Gasteiger partial charge >= 0.3 is 0 Å². The van der Waals surface area contributed by atoms with E-state index in [1.54, 1.807) is 35.2 Å². The molecule has 2 rings (SSSR count). The Hall–Kier alpha value is -2.71. The second-order valence-electron chi connectivity index (χ2n) is 9.73. The molecule has 192 valence electrons. The minimum atomic E-state index is -3.61. The second-order valence-corrected chi connectivity index (χ2v) is 11.8. The smallest absolute Gasteiger partial charge is 0.243 e. The Morgan fingerprint density at radius 3 is 2.06 bits per heavy atom. The standard InChI is InChI=1S/C27H39N3O4S/c1-6-24(26(32)28-27(2,3)4)30(21-19-22-14-9-7-10-15-22)25(31)18-13-20-29(5)35(33,34)23-16-11-8-12-17-23/h7-12,14-17,24H,6,13,18-21H2,1-5H3,(H,28,32)/t24-/m0/s1. The van der Waals surface area contributed by atoms with Gasteiger partial charge in [0.05, 0.1) is 4.90 Å². The molecule has 0 saturated heterocycles. The van der Waals surface area contributed by atoms with E-state index in [0.717, 1.165) is 5.56 Å². The largest absolute Gasteiger partial charge is 0.350 e. The van der Waals surface area contributed by atoms with Crippen LogP contribution in [0.1, 0.15) is 52.5 Å². The van der Waals surface area contributed by atoms with E-state index in [1.807, 2.05) is 58.0 Å². The summed E-state index contributed by atoms with van der Waals surface area (Å²) in [6.07, 6.45) is 1.64. The quantitative estimate of drug-likeness (QED) is 0.479. The van der Waals surface area contributed by atoms with Crippen LogP contribution in [0.4, 0.5) is 0 Å². The Morgan fingerprint density at radius 2 is 1.51 bits per heavy atom. The fourth-order valence-electron chi connectivity index (χ4n) is 3.84. The van der Waals surface area contributed by atoms with Crippen molar-refractivity contribution in [3.63, 3.8) is 0 Å². The molecule has 2 aromatic carbocycles. The Bertz CT molecular complexity index is 1050. The van der Waals surface area contributed by atoms with E-state index >= 15 is 0 Å². The van der Waals surface area contributed by atoms with E-state index < -0.39 is 21.6 Å². The zero-order chi connectivity index (χ0) is 26.1. The van der Waals surface area contributed by atoms with Crippen molar-refractivity contribution >= 4 is 21.8 Å². The molecule has 0 aliphatic rings. The number of rotatable bonds is 12. The number of amides is 2. The number of nitrogens with zero attached hydrogens (tertiary/aromatic N) is 2. The average Bonchev–Trinajstić information content (AvgIpc) is 2.81. The van der Waals surface area contributed by atoms with Crippen LogP contribution in [-0.4, -0.2) is 61.2 Å². The van der Waals surface area contributed by atoms with Crippen LogP contribution >= 0.6 is 0 Å². The number of nitrogens with one attached hydrogen (secondary N) is 1. The van der Waals surface area contributed by atoms with Gasteiger partial charge in [-0.05, 0) is 57.7 Å². The fourth-order valence-corrected chi connectivity index (χ4v) is 5.07. The summed E-state index contributed by atoms with van der Waals surface area (Å²) in [6, 6.07) is 17.5. The molecule has 0 bridgehead atoms. The molecule has 2 aromatic rings. The average molecular weight is 502 g/mol. The molecule has 0 aromatic heterocycles. The molecule has 0 fully saturated rings. The lowest BCUT2D eigenvalue weighted by Crippen LogP contribution is -2.54. The van der Waals surface area contributed by atoms with Crippen LogP contribution in [-0.2, 0) is 26.0 Å². The zero-order valence-corrected chi connectivity index (χ0v) is 22.3. The van der Waals surface area contributed by atoms with Crippen molar-refractivity contribution in [2.24, 2.45) is 0 Å². The lowest BCUT2D eigenvalue weighted by atomic mass is 10.0. The van der Waals surface area contributed by atoms with Crippen LogP contribution in [0.3, 0.4) is 0 Å². The predicted molar refractivity (Wildman–Crippen MR) is 139 cm³/mol. The van der Waals surface area contributed by atoms with Crippen molar-refractivity contribution < 1.29 is 18.0 Å². The molecule has 35 heavy (non-hydrogen) atoms. The lowest BCUT2D eigenvalue weighted by molar-refractivity contribution is -0.141. The topological polar surface area (TPSA) is 86.8 Å². The van der Waals surface area contributed by atoms with E-state index in [9.17, 15) is 18.0 Å². The number of hydrogen-bond acceptors (Lipinski definition) is 4. The van der Waals surface area contributed by atoms with Crippen molar-refractivity contribution in [1.29, 1.82) is 0 Å². The minimum absolute atomic E-state index is 0.151. The molecule has 0 heterocycles. The van der Waals surface area contributed by atoms with Gasteiger partial charge in [-0.15, -0.1) is 0 Å². The van der Waals surface area contributed by atoms with Crippen LogP contribution in [0.5, 0.6) is 0 Å². The van der Waals surface area contributed by atoms with Gasteiger partial charge in [-0.1, -0.05) is 55.5 Å². The third-order valence-corrected chi connectivity index (χ3v) is 7.55. The summed E-state index contributed by atoms with van der Waals surface area (Å²) in [5.74, 6) is -0.326. The van der Waals surface area contributed by atoms with Gasteiger partial charge in [-0.2, -0.15) is 0 Å². The van der Waals surface area contributed by atoms with Gasteiger partial charge in [-0.25, -0.2) is 12.7 Å². The van der Waals surface area contributed by atoms with Crippen LogP contribution < -0.4 is 5.32 Å². The molecular formula is C27H39N3O4S. The molecule has 1 N–H and O–H groups in total. The van der Waals surface area contributed by atoms with Gasteiger partial charge in [-0.3, -0.25) is 9.59 Å². The number of carbonyl (C=O) groups is 2. The van der Waals surface area contributed by atoms with Gasteiger partial charge in [0.2, 0.25) is 21.8 Å². The maximum absolute atomic E-state index is 13.3. The molecule has 0 aliphatic carbocycles. The first-order valence-electron chi connectivity index (χ1n) is 12.1. The van der Waals surface area contributed by atoms with Gasteiger partial charge in [0, 0.05) is 32.1 Å². The van der Waals surface area contributed by atoms with E-state index in [4.69, 9.17) is 0 Å². The number of hydrogen-bond donors (Lipinski definition) is 1. The highest BCUT2D eigenvalue weighted by Crippen LogP contribution is 2.16. The van der Waals surface area contributed by atoms with Crippen LogP contribution in [0.15, 0.2) is 65.6 Å². The lowest BCUT2D eigenvalue weighted by Gasteiger charge is -2.33. The molecule has 0 unspecified atom stereocenters. The summed E-state index contributed by atoms with van der Waals surface area (Å²) < 4.78 is 26.8. The summed E-state index contributed by atoms with van der Waals surface area (Å²) in [4.78, 5) is 28.2. The van der Waals surface area contributed by atoms with Crippen molar-refractivity contribution in [1.82, 2.24) is 14.5 Å². The number of benzene rings is 2. The maximum atomic E-state index is 13.3. The summed E-state index contributed by atoms with van der Waals surface area (Å²) >= 11 is 0. The van der Waals surface area contributed by atoms with Crippen LogP contribution in [0.25, 0.3) is 0 Å². The second kappa shape index (κ2) is 12.8. The normalized spacial score (nSPS) is 12.9. The van der Waals surface area contributed by atoms with Gasteiger partial charge in [0.1, 0.15) is 6.04 Å². The van der Waals surface area contributed by atoms with Crippen molar-refractivity contribution in [3.8, 4) is 0 Å². The maximum Gasteiger partial charge on any atom is 0.243 e. The number of carbonyl (C=O) groups excluding carboxylic acids is 2. The van der Waals surface area contributed by atoms with Crippen molar-refractivity contribution in [3.05, 3.63) is 66.2 Å². The van der Waals surface area contributed by atoms with E-state index in [1.165, 1.54) is 11.4 Å². The highest BCUT2D eigenvalue weighted by Gasteiger charge is 2.30. The number of sulfonamides is 1. The van der Waals surface area contributed by atoms with Gasteiger partial charge in [0.25, 0.3) is 0 Å². The molecule has 0 aliphatic heterocycles. The zero-order valence-electron chi connectivity index (χ0n) is 21.5. The van der Waals surface area contributed by atoms with E-state index in [0.29, 0.717) is 25.8 Å².